The molecule has 0 radical (unpaired) electrons. The number of anilines is 1. The van der Waals surface area contributed by atoms with Crippen LogP contribution in [0.15, 0.2) is 42.5 Å². The van der Waals surface area contributed by atoms with Crippen molar-refractivity contribution in [1.82, 2.24) is 5.32 Å². The van der Waals surface area contributed by atoms with Gasteiger partial charge < -0.3 is 15.8 Å². The highest BCUT2D eigenvalue weighted by Crippen LogP contribution is 2.14. The Morgan fingerprint density at radius 1 is 1.30 bits per heavy atom. The van der Waals surface area contributed by atoms with Crippen LogP contribution in [-0.2, 0) is 6.54 Å². The summed E-state index contributed by atoms with van der Waals surface area (Å²) in [6.45, 7) is 0.335. The first-order valence-corrected chi connectivity index (χ1v) is 6.06. The van der Waals surface area contributed by atoms with Crippen LogP contribution in [0.5, 0.6) is 5.75 Å². The van der Waals surface area contributed by atoms with Crippen LogP contribution in [0.4, 0.5) is 10.1 Å². The first-order chi connectivity index (χ1) is 9.60. The predicted octanol–water partition coefficient (Wildman–Crippen LogP) is 2.35. The zero-order valence-electron chi connectivity index (χ0n) is 11.0. The van der Waals surface area contributed by atoms with Crippen molar-refractivity contribution >= 4 is 11.6 Å². The van der Waals surface area contributed by atoms with E-state index in [1.807, 2.05) is 24.3 Å². The van der Waals surface area contributed by atoms with E-state index in [9.17, 15) is 9.18 Å². The molecule has 2 rings (SSSR count). The van der Waals surface area contributed by atoms with E-state index in [1.165, 1.54) is 12.1 Å². The predicted molar refractivity (Wildman–Crippen MR) is 75.0 cm³/mol. The second kappa shape index (κ2) is 6.06. The van der Waals surface area contributed by atoms with Crippen molar-refractivity contribution in [2.24, 2.45) is 0 Å². The molecule has 2 aromatic rings. The summed E-state index contributed by atoms with van der Waals surface area (Å²) >= 11 is 0. The number of benzene rings is 2. The van der Waals surface area contributed by atoms with Crippen molar-refractivity contribution in [3.8, 4) is 5.75 Å². The van der Waals surface area contributed by atoms with E-state index in [2.05, 4.69) is 5.32 Å². The number of hydrogen-bond acceptors (Lipinski definition) is 3. The van der Waals surface area contributed by atoms with Crippen LogP contribution in [0, 0.1) is 5.82 Å². The van der Waals surface area contributed by atoms with Crippen molar-refractivity contribution in [1.29, 1.82) is 0 Å². The van der Waals surface area contributed by atoms with Crippen molar-refractivity contribution in [3.05, 3.63) is 59.4 Å². The van der Waals surface area contributed by atoms with Crippen LogP contribution in [0.2, 0.25) is 0 Å². The molecule has 0 fully saturated rings. The summed E-state index contributed by atoms with van der Waals surface area (Å²) in [7, 11) is 1.58. The second-order valence-electron chi connectivity index (χ2n) is 4.27. The molecule has 0 heterocycles. The summed E-state index contributed by atoms with van der Waals surface area (Å²) in [5.41, 5.74) is 6.52. The van der Waals surface area contributed by atoms with Gasteiger partial charge in [0.2, 0.25) is 0 Å². The third-order valence-corrected chi connectivity index (χ3v) is 2.85. The topological polar surface area (TPSA) is 64.3 Å². The highest BCUT2D eigenvalue weighted by atomic mass is 19.1. The molecule has 0 unspecified atom stereocenters. The first kappa shape index (κ1) is 13.9. The number of rotatable bonds is 4. The molecule has 0 saturated carbocycles. The molecule has 20 heavy (non-hydrogen) atoms. The third kappa shape index (κ3) is 3.26. The monoisotopic (exact) mass is 274 g/mol. The third-order valence-electron chi connectivity index (χ3n) is 2.85. The molecule has 0 spiro atoms. The average molecular weight is 274 g/mol. The SMILES string of the molecule is COc1cccc(CNC(=O)c2ccc(N)c(F)c2)c1. The van der Waals surface area contributed by atoms with E-state index in [0.717, 1.165) is 17.4 Å². The number of ether oxygens (including phenoxy) is 1. The van der Waals surface area contributed by atoms with E-state index in [4.69, 9.17) is 10.5 Å². The lowest BCUT2D eigenvalue weighted by Crippen LogP contribution is -2.23. The first-order valence-electron chi connectivity index (χ1n) is 6.06. The summed E-state index contributed by atoms with van der Waals surface area (Å²) in [6.07, 6.45) is 0. The highest BCUT2D eigenvalue weighted by molar-refractivity contribution is 5.94. The molecule has 0 aromatic heterocycles. The molecule has 0 saturated heterocycles. The van der Waals surface area contributed by atoms with Gasteiger partial charge in [0.15, 0.2) is 0 Å². The van der Waals surface area contributed by atoms with E-state index in [-0.39, 0.29) is 17.2 Å². The van der Waals surface area contributed by atoms with E-state index < -0.39 is 5.82 Å². The average Bonchev–Trinajstić information content (AvgIpc) is 2.47. The lowest BCUT2D eigenvalue weighted by Gasteiger charge is -2.07. The normalized spacial score (nSPS) is 10.1. The Balaban J connectivity index is 2.02. The molecule has 0 aliphatic rings. The zero-order valence-corrected chi connectivity index (χ0v) is 11.0. The Labute approximate surface area is 116 Å². The number of amides is 1. The lowest BCUT2D eigenvalue weighted by atomic mass is 10.1. The number of methoxy groups -OCH3 is 1. The quantitative estimate of drug-likeness (QED) is 0.841. The van der Waals surface area contributed by atoms with Crippen LogP contribution < -0.4 is 15.8 Å². The van der Waals surface area contributed by atoms with Gasteiger partial charge in [0.05, 0.1) is 12.8 Å². The fourth-order valence-corrected chi connectivity index (χ4v) is 1.74. The van der Waals surface area contributed by atoms with Crippen molar-refractivity contribution in [3.63, 3.8) is 0 Å². The Bertz CT molecular complexity index is 629. The van der Waals surface area contributed by atoms with Gasteiger partial charge in [-0.1, -0.05) is 12.1 Å². The molecule has 0 aliphatic carbocycles. The highest BCUT2D eigenvalue weighted by Gasteiger charge is 2.08. The van der Waals surface area contributed by atoms with Gasteiger partial charge in [-0.05, 0) is 35.9 Å². The van der Waals surface area contributed by atoms with Crippen molar-refractivity contribution in [2.75, 3.05) is 12.8 Å². The van der Waals surface area contributed by atoms with Crippen LogP contribution in [0.1, 0.15) is 15.9 Å². The number of nitrogens with one attached hydrogen (secondary N) is 1. The van der Waals surface area contributed by atoms with Crippen LogP contribution in [0.25, 0.3) is 0 Å². The van der Waals surface area contributed by atoms with E-state index in [1.54, 1.807) is 7.11 Å². The Morgan fingerprint density at radius 2 is 2.10 bits per heavy atom. The summed E-state index contributed by atoms with van der Waals surface area (Å²) in [4.78, 5) is 11.9. The zero-order chi connectivity index (χ0) is 14.5. The maximum Gasteiger partial charge on any atom is 0.251 e. The molecule has 0 aliphatic heterocycles. The molecule has 3 N–H and O–H groups in total. The summed E-state index contributed by atoms with van der Waals surface area (Å²) in [5, 5.41) is 2.71. The minimum absolute atomic E-state index is 0.0225. The van der Waals surface area contributed by atoms with Gasteiger partial charge in [-0.2, -0.15) is 0 Å². The molecule has 0 bridgehead atoms. The van der Waals surface area contributed by atoms with Gasteiger partial charge in [-0.15, -0.1) is 0 Å². The Hall–Kier alpha value is -2.56. The minimum atomic E-state index is -0.598. The minimum Gasteiger partial charge on any atom is -0.497 e. The number of carbonyl (C=O) groups excluding carboxylic acids is 1. The molecule has 2 aromatic carbocycles. The van der Waals surface area contributed by atoms with Crippen LogP contribution in [0.3, 0.4) is 0 Å². The van der Waals surface area contributed by atoms with Crippen molar-refractivity contribution < 1.29 is 13.9 Å². The molecule has 5 heteroatoms. The molecular formula is C15H15FN2O2. The Morgan fingerprint density at radius 3 is 2.80 bits per heavy atom. The number of hydrogen-bond donors (Lipinski definition) is 2. The maximum absolute atomic E-state index is 13.3. The maximum atomic E-state index is 13.3. The number of carbonyl (C=O) groups is 1. The largest absolute Gasteiger partial charge is 0.497 e. The van der Waals surface area contributed by atoms with E-state index >= 15 is 0 Å². The molecule has 0 atom stereocenters. The molecule has 104 valence electrons. The lowest BCUT2D eigenvalue weighted by molar-refractivity contribution is 0.0950. The van der Waals surface area contributed by atoms with Crippen LogP contribution >= 0.6 is 0 Å². The molecular weight excluding hydrogens is 259 g/mol. The van der Waals surface area contributed by atoms with Gasteiger partial charge in [0, 0.05) is 12.1 Å². The van der Waals surface area contributed by atoms with Gasteiger partial charge >= 0.3 is 0 Å². The number of halogens is 1. The fourth-order valence-electron chi connectivity index (χ4n) is 1.74. The Kier molecular flexibility index (Phi) is 4.20. The molecule has 4 nitrogen and oxygen atoms in total. The van der Waals surface area contributed by atoms with Gasteiger partial charge in [-0.25, -0.2) is 4.39 Å². The summed E-state index contributed by atoms with van der Waals surface area (Å²) in [5.74, 6) is -0.235. The van der Waals surface area contributed by atoms with Gasteiger partial charge in [0.25, 0.3) is 5.91 Å². The molecule has 1 amide bonds. The fraction of sp³-hybridized carbons (Fsp3) is 0.133. The standard InChI is InChI=1S/C15H15FN2O2/c1-20-12-4-2-3-10(7-12)9-18-15(19)11-5-6-14(17)13(16)8-11/h2-8H,9,17H2,1H3,(H,18,19). The number of nitrogens with two attached hydrogens (primary N) is 1. The second-order valence-corrected chi connectivity index (χ2v) is 4.27. The van der Waals surface area contributed by atoms with Gasteiger partial charge in [0.1, 0.15) is 11.6 Å². The number of nitrogen functional groups attached to an aromatic ring is 1. The van der Waals surface area contributed by atoms with Crippen LogP contribution in [-0.4, -0.2) is 13.0 Å². The van der Waals surface area contributed by atoms with Gasteiger partial charge in [-0.3, -0.25) is 4.79 Å². The smallest absolute Gasteiger partial charge is 0.251 e. The summed E-state index contributed by atoms with van der Waals surface area (Å²) < 4.78 is 18.4. The summed E-state index contributed by atoms with van der Waals surface area (Å²) in [6, 6.07) is 11.3. The van der Waals surface area contributed by atoms with Crippen molar-refractivity contribution in [2.45, 2.75) is 6.54 Å². The van der Waals surface area contributed by atoms with E-state index in [0.29, 0.717) is 6.54 Å².